The third kappa shape index (κ3) is 4.02. The monoisotopic (exact) mass is 453 g/mol. The molecule has 3 aromatic heterocycles. The predicted molar refractivity (Wildman–Crippen MR) is 122 cm³/mol. The number of hydrogen-bond acceptors (Lipinski definition) is 5. The molecular formula is C22H23N5O4S. The largest absolute Gasteiger partial charge is 0.349 e. The summed E-state index contributed by atoms with van der Waals surface area (Å²) >= 11 is 0. The number of aryl methyl sites for hydroxylation is 1. The van der Waals surface area contributed by atoms with Crippen LogP contribution >= 0.6 is 0 Å². The van der Waals surface area contributed by atoms with Crippen LogP contribution in [0.25, 0.3) is 22.3 Å². The molecule has 0 atom stereocenters. The quantitative estimate of drug-likeness (QED) is 0.444. The van der Waals surface area contributed by atoms with Gasteiger partial charge < -0.3 is 4.98 Å². The van der Waals surface area contributed by atoms with Gasteiger partial charge in [0.15, 0.2) is 0 Å². The second-order valence-electron chi connectivity index (χ2n) is 7.41. The number of H-pyrrole nitrogens is 1. The average molecular weight is 454 g/mol. The molecule has 0 aliphatic heterocycles. The maximum absolute atomic E-state index is 12.7. The molecule has 0 fully saturated rings. The van der Waals surface area contributed by atoms with Gasteiger partial charge in [0.1, 0.15) is 5.52 Å². The fourth-order valence-electron chi connectivity index (χ4n) is 3.52. The normalized spacial score (nSPS) is 11.8. The second kappa shape index (κ2) is 8.56. The van der Waals surface area contributed by atoms with Crippen LogP contribution in [-0.2, 0) is 30.2 Å². The first-order valence-electron chi connectivity index (χ1n) is 10.1. The standard InChI is InChI=1S/C22H23N5O4S/c1-3-12-27-21(28)20-19(26(2)22(27)29)13-18(25-20)15-7-9-17(10-8-15)32(30,31)24-14-16-6-4-5-11-23-16/h4-11,13,24-25H,3,12,14H2,1-2H3. The van der Waals surface area contributed by atoms with Crippen molar-refractivity contribution in [1.82, 2.24) is 23.8 Å². The Kier molecular flexibility index (Phi) is 5.81. The summed E-state index contributed by atoms with van der Waals surface area (Å²) < 4.78 is 30.4. The van der Waals surface area contributed by atoms with Gasteiger partial charge in [0, 0.05) is 25.5 Å². The lowest BCUT2D eigenvalue weighted by molar-refractivity contribution is 0.580. The number of fused-ring (bicyclic) bond motifs is 1. The summed E-state index contributed by atoms with van der Waals surface area (Å²) in [6.45, 7) is 2.33. The van der Waals surface area contributed by atoms with Gasteiger partial charge in [-0.15, -0.1) is 0 Å². The molecule has 0 saturated carbocycles. The second-order valence-corrected chi connectivity index (χ2v) is 9.18. The molecule has 9 nitrogen and oxygen atoms in total. The molecule has 166 valence electrons. The van der Waals surface area contributed by atoms with Crippen LogP contribution in [0.5, 0.6) is 0 Å². The summed E-state index contributed by atoms with van der Waals surface area (Å²) in [5, 5.41) is 0. The molecule has 0 radical (unpaired) electrons. The first-order valence-corrected chi connectivity index (χ1v) is 11.6. The number of sulfonamides is 1. The van der Waals surface area contributed by atoms with Crippen molar-refractivity contribution in [3.05, 3.63) is 81.3 Å². The van der Waals surface area contributed by atoms with Crippen LogP contribution in [0.2, 0.25) is 0 Å². The fraction of sp³-hybridized carbons (Fsp3) is 0.227. The summed E-state index contributed by atoms with van der Waals surface area (Å²) in [6.07, 6.45) is 2.27. The number of pyridine rings is 1. The first kappa shape index (κ1) is 21.7. The molecule has 0 spiro atoms. The van der Waals surface area contributed by atoms with E-state index in [9.17, 15) is 18.0 Å². The third-order valence-corrected chi connectivity index (χ3v) is 6.64. The molecule has 0 saturated heterocycles. The Labute approximate surface area is 184 Å². The lowest BCUT2D eigenvalue weighted by Gasteiger charge is -2.07. The van der Waals surface area contributed by atoms with Crippen molar-refractivity contribution in [2.45, 2.75) is 31.3 Å². The number of hydrogen-bond donors (Lipinski definition) is 2. The number of aromatic nitrogens is 4. The molecule has 32 heavy (non-hydrogen) atoms. The zero-order valence-corrected chi connectivity index (χ0v) is 18.5. The fourth-order valence-corrected chi connectivity index (χ4v) is 4.52. The van der Waals surface area contributed by atoms with Gasteiger partial charge in [-0.05, 0) is 42.3 Å². The number of aromatic amines is 1. The minimum Gasteiger partial charge on any atom is -0.349 e. The van der Waals surface area contributed by atoms with E-state index in [0.717, 1.165) is 0 Å². The van der Waals surface area contributed by atoms with E-state index >= 15 is 0 Å². The summed E-state index contributed by atoms with van der Waals surface area (Å²) in [5.74, 6) is 0. The SMILES string of the molecule is CCCn1c(=O)c2[nH]c(-c3ccc(S(=O)(=O)NCc4ccccn4)cc3)cc2n(C)c1=O. The van der Waals surface area contributed by atoms with Crippen LogP contribution < -0.4 is 16.0 Å². The van der Waals surface area contributed by atoms with Crippen molar-refractivity contribution in [2.75, 3.05) is 0 Å². The van der Waals surface area contributed by atoms with E-state index in [1.54, 1.807) is 49.6 Å². The highest BCUT2D eigenvalue weighted by Crippen LogP contribution is 2.23. The van der Waals surface area contributed by atoms with Gasteiger partial charge in [-0.3, -0.25) is 18.9 Å². The van der Waals surface area contributed by atoms with Gasteiger partial charge in [-0.25, -0.2) is 17.9 Å². The zero-order valence-electron chi connectivity index (χ0n) is 17.7. The van der Waals surface area contributed by atoms with Crippen LogP contribution in [0.1, 0.15) is 19.0 Å². The van der Waals surface area contributed by atoms with Gasteiger partial charge in [-0.2, -0.15) is 0 Å². The maximum Gasteiger partial charge on any atom is 0.331 e. The Morgan fingerprint density at radius 1 is 1.09 bits per heavy atom. The van der Waals surface area contributed by atoms with E-state index in [1.807, 2.05) is 6.92 Å². The number of nitrogens with one attached hydrogen (secondary N) is 2. The number of rotatable bonds is 7. The van der Waals surface area contributed by atoms with Gasteiger partial charge in [0.2, 0.25) is 10.0 Å². The van der Waals surface area contributed by atoms with Gasteiger partial charge in [0.05, 0.1) is 22.7 Å². The molecule has 2 N–H and O–H groups in total. The number of benzene rings is 1. The molecular weight excluding hydrogens is 430 g/mol. The Morgan fingerprint density at radius 2 is 1.84 bits per heavy atom. The van der Waals surface area contributed by atoms with Gasteiger partial charge in [-0.1, -0.05) is 25.1 Å². The third-order valence-electron chi connectivity index (χ3n) is 5.23. The minimum atomic E-state index is -3.71. The molecule has 0 aliphatic carbocycles. The van der Waals surface area contributed by atoms with Crippen molar-refractivity contribution in [3.63, 3.8) is 0 Å². The first-order chi connectivity index (χ1) is 15.3. The van der Waals surface area contributed by atoms with Crippen LogP contribution in [-0.4, -0.2) is 27.5 Å². The Bertz CT molecular complexity index is 1480. The smallest absolute Gasteiger partial charge is 0.331 e. The lowest BCUT2D eigenvalue weighted by Crippen LogP contribution is -2.38. The maximum atomic E-state index is 12.7. The summed E-state index contributed by atoms with van der Waals surface area (Å²) in [7, 11) is -2.09. The highest BCUT2D eigenvalue weighted by Gasteiger charge is 2.16. The van der Waals surface area contributed by atoms with Gasteiger partial charge >= 0.3 is 5.69 Å². The topological polar surface area (TPSA) is 119 Å². The Morgan fingerprint density at radius 3 is 2.50 bits per heavy atom. The minimum absolute atomic E-state index is 0.0883. The van der Waals surface area contributed by atoms with Crippen LogP contribution in [0.3, 0.4) is 0 Å². The molecule has 1 aromatic carbocycles. The molecule has 0 aliphatic rings. The molecule has 0 unspecified atom stereocenters. The molecule has 4 aromatic rings. The van der Waals surface area contributed by atoms with Crippen molar-refractivity contribution in [1.29, 1.82) is 0 Å². The number of nitrogens with zero attached hydrogens (tertiary/aromatic N) is 3. The van der Waals surface area contributed by atoms with E-state index < -0.39 is 10.0 Å². The summed E-state index contributed by atoms with van der Waals surface area (Å²) in [5.41, 5.74) is 2.03. The van der Waals surface area contributed by atoms with Crippen LogP contribution in [0.15, 0.2) is 69.2 Å². The molecule has 0 amide bonds. The van der Waals surface area contributed by atoms with Crippen LogP contribution in [0, 0.1) is 0 Å². The summed E-state index contributed by atoms with van der Waals surface area (Å²) in [6, 6.07) is 13.3. The molecule has 0 bridgehead atoms. The predicted octanol–water partition coefficient (Wildman–Crippen LogP) is 1.98. The molecule has 4 rings (SSSR count). The highest BCUT2D eigenvalue weighted by molar-refractivity contribution is 7.89. The Balaban J connectivity index is 1.64. The van der Waals surface area contributed by atoms with E-state index in [1.165, 1.54) is 21.3 Å². The van der Waals surface area contributed by atoms with E-state index in [2.05, 4.69) is 14.7 Å². The van der Waals surface area contributed by atoms with Crippen molar-refractivity contribution >= 4 is 21.1 Å². The van der Waals surface area contributed by atoms with Crippen molar-refractivity contribution in [2.24, 2.45) is 7.05 Å². The van der Waals surface area contributed by atoms with Gasteiger partial charge in [0.25, 0.3) is 5.56 Å². The van der Waals surface area contributed by atoms with Crippen molar-refractivity contribution in [3.8, 4) is 11.3 Å². The van der Waals surface area contributed by atoms with Crippen molar-refractivity contribution < 1.29 is 8.42 Å². The Hall–Kier alpha value is -3.50. The van der Waals surface area contributed by atoms with Crippen LogP contribution in [0.4, 0.5) is 0 Å². The highest BCUT2D eigenvalue weighted by atomic mass is 32.2. The lowest BCUT2D eigenvalue weighted by atomic mass is 10.1. The molecule has 10 heteroatoms. The summed E-state index contributed by atoms with van der Waals surface area (Å²) in [4.78, 5) is 32.5. The van der Waals surface area contributed by atoms with E-state index in [4.69, 9.17) is 0 Å². The molecule has 3 heterocycles. The van der Waals surface area contributed by atoms with E-state index in [-0.39, 0.29) is 22.7 Å². The average Bonchev–Trinajstić information content (AvgIpc) is 3.26. The zero-order chi connectivity index (χ0) is 22.9. The van der Waals surface area contributed by atoms with E-state index in [0.29, 0.717) is 41.0 Å².